The fourth-order valence-corrected chi connectivity index (χ4v) is 1.93. The predicted molar refractivity (Wildman–Crippen MR) is 87.0 cm³/mol. The van der Waals surface area contributed by atoms with E-state index in [9.17, 15) is 15.3 Å². The lowest BCUT2D eigenvalue weighted by atomic mass is 9.82. The topological polar surface area (TPSA) is 60.7 Å². The molecule has 3 heteroatoms. The molecule has 0 bridgehead atoms. The van der Waals surface area contributed by atoms with Crippen molar-refractivity contribution < 1.29 is 15.3 Å². The third kappa shape index (κ3) is 5.74. The molecule has 0 spiro atoms. The van der Waals surface area contributed by atoms with Crippen LogP contribution in [0.15, 0.2) is 43.0 Å². The van der Waals surface area contributed by atoms with Gasteiger partial charge in [-0.15, -0.1) is 6.58 Å². The molecule has 0 saturated carbocycles. The third-order valence-corrected chi connectivity index (χ3v) is 3.79. The number of rotatable bonds is 7. The second kappa shape index (κ2) is 6.92. The molecule has 3 nitrogen and oxygen atoms in total. The van der Waals surface area contributed by atoms with E-state index in [1.54, 1.807) is 26.0 Å². The molecule has 0 heterocycles. The lowest BCUT2D eigenvalue weighted by Crippen LogP contribution is -2.36. The van der Waals surface area contributed by atoms with Crippen LogP contribution in [-0.2, 0) is 0 Å². The average Bonchev–Trinajstić information content (AvgIpc) is 2.43. The van der Waals surface area contributed by atoms with E-state index in [0.717, 1.165) is 5.56 Å². The average molecular weight is 290 g/mol. The molecule has 0 fully saturated rings. The first-order valence-electron chi connectivity index (χ1n) is 7.18. The van der Waals surface area contributed by atoms with Crippen molar-refractivity contribution in [3.8, 4) is 5.75 Å². The Bertz CT molecular complexity index is 482. The molecule has 1 rings (SSSR count). The van der Waals surface area contributed by atoms with Gasteiger partial charge < -0.3 is 15.3 Å². The summed E-state index contributed by atoms with van der Waals surface area (Å²) in [5.74, 6) is 0.243. The van der Waals surface area contributed by atoms with E-state index in [1.807, 2.05) is 37.3 Å². The molecule has 0 aliphatic rings. The highest BCUT2D eigenvalue weighted by Crippen LogP contribution is 2.30. The van der Waals surface area contributed by atoms with Crippen molar-refractivity contribution in [2.24, 2.45) is 5.41 Å². The largest absolute Gasteiger partial charge is 0.508 e. The third-order valence-electron chi connectivity index (χ3n) is 3.79. The van der Waals surface area contributed by atoms with E-state index < -0.39 is 11.7 Å². The summed E-state index contributed by atoms with van der Waals surface area (Å²) in [4.78, 5) is 0. The molecule has 3 N–H and O–H groups in total. The molecular formula is C18H26O3. The van der Waals surface area contributed by atoms with E-state index in [0.29, 0.717) is 12.8 Å². The van der Waals surface area contributed by atoms with Crippen molar-refractivity contribution >= 4 is 6.08 Å². The molecule has 21 heavy (non-hydrogen) atoms. The van der Waals surface area contributed by atoms with Gasteiger partial charge >= 0.3 is 0 Å². The standard InChI is InChI=1S/C18H26O3/c1-5-18(4,13-11-16(20)17(2,3)21)12-10-14-6-8-15(19)9-7-14/h5-10,12,16,19-21H,1,11,13H2,2-4H3/b12-10+. The van der Waals surface area contributed by atoms with Gasteiger partial charge in [0, 0.05) is 5.41 Å². The molecular weight excluding hydrogens is 264 g/mol. The van der Waals surface area contributed by atoms with E-state index >= 15 is 0 Å². The second-order valence-electron chi connectivity index (χ2n) is 6.34. The molecule has 0 radical (unpaired) electrons. The summed E-state index contributed by atoms with van der Waals surface area (Å²) in [5.41, 5.74) is -0.365. The van der Waals surface area contributed by atoms with Crippen LogP contribution in [0.25, 0.3) is 6.08 Å². The lowest BCUT2D eigenvalue weighted by Gasteiger charge is -2.28. The van der Waals surface area contributed by atoms with Crippen LogP contribution in [0.5, 0.6) is 5.75 Å². The lowest BCUT2D eigenvalue weighted by molar-refractivity contribution is -0.0539. The van der Waals surface area contributed by atoms with Gasteiger partial charge in [-0.2, -0.15) is 0 Å². The molecule has 116 valence electrons. The number of hydrogen-bond donors (Lipinski definition) is 3. The maximum atomic E-state index is 9.92. The summed E-state index contributed by atoms with van der Waals surface area (Å²) in [6.45, 7) is 9.11. The van der Waals surface area contributed by atoms with Gasteiger partial charge in [0.05, 0.1) is 11.7 Å². The Hall–Kier alpha value is -1.58. The zero-order valence-corrected chi connectivity index (χ0v) is 13.1. The quantitative estimate of drug-likeness (QED) is 0.673. The second-order valence-corrected chi connectivity index (χ2v) is 6.34. The minimum Gasteiger partial charge on any atom is -0.508 e. The van der Waals surface area contributed by atoms with Crippen LogP contribution in [0.2, 0.25) is 0 Å². The van der Waals surface area contributed by atoms with Gasteiger partial charge in [-0.3, -0.25) is 0 Å². The summed E-state index contributed by atoms with van der Waals surface area (Å²) >= 11 is 0. The molecule has 0 aromatic heterocycles. The van der Waals surface area contributed by atoms with Gasteiger partial charge in [-0.1, -0.05) is 37.3 Å². The number of aliphatic hydroxyl groups is 2. The molecule has 0 aliphatic carbocycles. The predicted octanol–water partition coefficient (Wildman–Crippen LogP) is 3.51. The monoisotopic (exact) mass is 290 g/mol. The van der Waals surface area contributed by atoms with E-state index in [1.165, 1.54) is 0 Å². The van der Waals surface area contributed by atoms with Gasteiger partial charge in [0.15, 0.2) is 0 Å². The number of hydrogen-bond acceptors (Lipinski definition) is 3. The van der Waals surface area contributed by atoms with Crippen molar-refractivity contribution in [1.82, 2.24) is 0 Å². The van der Waals surface area contributed by atoms with E-state index in [2.05, 4.69) is 6.58 Å². The SMILES string of the molecule is C=CC(C)(/C=C/c1ccc(O)cc1)CCC(O)C(C)(C)O. The van der Waals surface area contributed by atoms with Crippen molar-refractivity contribution in [2.45, 2.75) is 45.3 Å². The number of aromatic hydroxyl groups is 1. The zero-order chi connectivity index (χ0) is 16.1. The molecule has 1 aromatic rings. The van der Waals surface area contributed by atoms with Gasteiger partial charge in [-0.25, -0.2) is 0 Å². The number of phenols is 1. The zero-order valence-electron chi connectivity index (χ0n) is 13.1. The highest BCUT2D eigenvalue weighted by atomic mass is 16.3. The molecule has 2 unspecified atom stereocenters. The van der Waals surface area contributed by atoms with Crippen LogP contribution in [0, 0.1) is 5.41 Å². The number of allylic oxidation sites excluding steroid dienone is 2. The molecule has 2 atom stereocenters. The summed E-state index contributed by atoms with van der Waals surface area (Å²) in [6, 6.07) is 6.95. The first-order valence-corrected chi connectivity index (χ1v) is 7.18. The summed E-state index contributed by atoms with van der Waals surface area (Å²) in [7, 11) is 0. The highest BCUT2D eigenvalue weighted by molar-refractivity contribution is 5.51. The Morgan fingerprint density at radius 1 is 1.19 bits per heavy atom. The van der Waals surface area contributed by atoms with Gasteiger partial charge in [-0.05, 0) is 44.4 Å². The fraction of sp³-hybridized carbons (Fsp3) is 0.444. The summed E-state index contributed by atoms with van der Waals surface area (Å²) in [5, 5.41) is 29.0. The van der Waals surface area contributed by atoms with E-state index in [-0.39, 0.29) is 11.2 Å². The van der Waals surface area contributed by atoms with E-state index in [4.69, 9.17) is 0 Å². The van der Waals surface area contributed by atoms with Gasteiger partial charge in [0.25, 0.3) is 0 Å². The van der Waals surface area contributed by atoms with Crippen LogP contribution in [0.4, 0.5) is 0 Å². The number of benzene rings is 1. The molecule has 0 amide bonds. The Balaban J connectivity index is 2.71. The first kappa shape index (κ1) is 17.5. The maximum absolute atomic E-state index is 9.92. The molecule has 0 saturated heterocycles. The first-order chi connectivity index (χ1) is 9.66. The minimum atomic E-state index is -1.09. The number of phenolic OH excluding ortho intramolecular Hbond substituents is 1. The van der Waals surface area contributed by atoms with Crippen LogP contribution >= 0.6 is 0 Å². The Kier molecular flexibility index (Phi) is 5.76. The van der Waals surface area contributed by atoms with Crippen molar-refractivity contribution in [3.63, 3.8) is 0 Å². The van der Waals surface area contributed by atoms with Crippen LogP contribution in [0.1, 0.15) is 39.2 Å². The van der Waals surface area contributed by atoms with Crippen LogP contribution < -0.4 is 0 Å². The summed E-state index contributed by atoms with van der Waals surface area (Å²) < 4.78 is 0. The highest BCUT2D eigenvalue weighted by Gasteiger charge is 2.27. The van der Waals surface area contributed by atoms with Crippen LogP contribution in [0.3, 0.4) is 0 Å². The maximum Gasteiger partial charge on any atom is 0.115 e. The van der Waals surface area contributed by atoms with Crippen LogP contribution in [-0.4, -0.2) is 27.0 Å². The van der Waals surface area contributed by atoms with Gasteiger partial charge in [0.2, 0.25) is 0 Å². The normalized spacial score (nSPS) is 16.6. The fourth-order valence-electron chi connectivity index (χ4n) is 1.93. The molecule has 1 aromatic carbocycles. The summed E-state index contributed by atoms with van der Waals surface area (Å²) in [6.07, 6.45) is 6.27. The Morgan fingerprint density at radius 3 is 2.24 bits per heavy atom. The Morgan fingerprint density at radius 2 is 1.76 bits per heavy atom. The van der Waals surface area contributed by atoms with Crippen molar-refractivity contribution in [3.05, 3.63) is 48.6 Å². The van der Waals surface area contributed by atoms with Crippen molar-refractivity contribution in [2.75, 3.05) is 0 Å². The number of aliphatic hydroxyl groups excluding tert-OH is 1. The van der Waals surface area contributed by atoms with Crippen molar-refractivity contribution in [1.29, 1.82) is 0 Å². The minimum absolute atomic E-state index is 0.243. The smallest absolute Gasteiger partial charge is 0.115 e. The van der Waals surface area contributed by atoms with Gasteiger partial charge in [0.1, 0.15) is 5.75 Å². The Labute approximate surface area is 127 Å². The molecule has 0 aliphatic heterocycles.